The van der Waals surface area contributed by atoms with Gasteiger partial charge in [-0.05, 0) is 43.8 Å². The summed E-state index contributed by atoms with van der Waals surface area (Å²) in [5.41, 5.74) is 0.950. The molecule has 6 bridgehead atoms. The van der Waals surface area contributed by atoms with Crippen LogP contribution in [0, 0.1) is 29.6 Å². The fraction of sp³-hybridized carbons (Fsp3) is 0.615. The lowest BCUT2D eigenvalue weighted by Crippen LogP contribution is -2.42. The topological polar surface area (TPSA) is 261 Å². The number of aliphatic hydroxyl groups excluding tert-OH is 1. The van der Waals surface area contributed by atoms with Crippen LogP contribution < -0.4 is 0 Å². The van der Waals surface area contributed by atoms with Gasteiger partial charge in [0.2, 0.25) is 24.1 Å². The van der Waals surface area contributed by atoms with Crippen LogP contribution in [0.2, 0.25) is 0 Å². The third kappa shape index (κ3) is 17.7. The first-order chi connectivity index (χ1) is 34.9. The lowest BCUT2D eigenvalue weighted by atomic mass is 9.83. The van der Waals surface area contributed by atoms with Crippen LogP contribution in [0.1, 0.15) is 97.8 Å². The van der Waals surface area contributed by atoms with Crippen LogP contribution in [0.25, 0.3) is 29.2 Å². The number of esters is 3. The van der Waals surface area contributed by atoms with E-state index in [0.717, 1.165) is 0 Å². The van der Waals surface area contributed by atoms with Crippen LogP contribution in [0.15, 0.2) is 62.5 Å². The summed E-state index contributed by atoms with van der Waals surface area (Å²) < 4.78 is 63.6. The maximum absolute atomic E-state index is 13.7. The molecule has 4 rings (SSSR count). The minimum Gasteiger partial charge on any atom is -0.462 e. The molecule has 21 nitrogen and oxygen atoms in total. The number of nitrogens with zero attached hydrogens (tertiary/aromatic N) is 4. The van der Waals surface area contributed by atoms with E-state index in [1.165, 1.54) is 64.1 Å². The number of ketones is 1. The van der Waals surface area contributed by atoms with Crippen LogP contribution in [0.4, 0.5) is 0 Å². The zero-order chi connectivity index (χ0) is 53.8. The number of methoxy groups -OCH3 is 5. The SMILES string of the molecule is COC[C@@H](OC)C(=O)O[C@H](CC[C@H](C)[C@H](C[C@@H]1OC(=O)C[C@@H](O)C/C=C/C(=O)[C@H](C)[C@H](OC)c2coc(n2)-c2coc(n2)-c2coc(n2)/C=C\C[C@H](OC)[C@H]1C)OC)[C@H](C)[C@H](OC(C)=O)[C@H](C)/C=C/N(C)C=O. The molecule has 0 radical (unpaired) electrons. The number of hydrogen-bond donors (Lipinski definition) is 1. The Hall–Kier alpha value is -5.84. The number of hydrogen-bond acceptors (Lipinski definition) is 20. The molecular weight excluding hydrogens is 953 g/mol. The van der Waals surface area contributed by atoms with Gasteiger partial charge in [0.25, 0.3) is 0 Å². The molecule has 0 aliphatic carbocycles. The van der Waals surface area contributed by atoms with Gasteiger partial charge in [-0.2, -0.15) is 0 Å². The molecule has 4 heterocycles. The van der Waals surface area contributed by atoms with E-state index in [1.807, 2.05) is 33.8 Å². The number of cyclic esters (lactones) is 1. The highest BCUT2D eigenvalue weighted by Gasteiger charge is 2.38. The third-order valence-electron chi connectivity index (χ3n) is 13.1. The second-order valence-electron chi connectivity index (χ2n) is 18.5. The van der Waals surface area contributed by atoms with Crippen molar-refractivity contribution in [2.75, 3.05) is 49.2 Å². The van der Waals surface area contributed by atoms with Gasteiger partial charge in [0, 0.05) is 79.9 Å². The highest BCUT2D eigenvalue weighted by molar-refractivity contribution is 5.92. The van der Waals surface area contributed by atoms with Gasteiger partial charge >= 0.3 is 17.9 Å². The van der Waals surface area contributed by atoms with Gasteiger partial charge in [0.15, 0.2) is 23.3 Å². The zero-order valence-electron chi connectivity index (χ0n) is 44.0. The van der Waals surface area contributed by atoms with E-state index in [1.54, 1.807) is 46.5 Å². The third-order valence-corrected chi connectivity index (χ3v) is 13.1. The molecule has 0 unspecified atom stereocenters. The number of aliphatic hydroxyl groups is 1. The molecule has 1 amide bonds. The molecule has 0 aromatic carbocycles. The number of amides is 1. The summed E-state index contributed by atoms with van der Waals surface area (Å²) in [6, 6.07) is 0. The normalized spacial score (nSPS) is 24.1. The summed E-state index contributed by atoms with van der Waals surface area (Å²) in [6.07, 6.45) is 8.87. The molecule has 0 fully saturated rings. The lowest BCUT2D eigenvalue weighted by Gasteiger charge is -2.35. The van der Waals surface area contributed by atoms with E-state index >= 15 is 0 Å². The van der Waals surface area contributed by atoms with E-state index in [0.29, 0.717) is 37.1 Å². The molecule has 21 heteroatoms. The number of rotatable bonds is 21. The predicted octanol–water partition coefficient (Wildman–Crippen LogP) is 6.75. The number of carbonyl (C=O) groups excluding carboxylic acids is 5. The van der Waals surface area contributed by atoms with E-state index in [9.17, 15) is 29.1 Å². The summed E-state index contributed by atoms with van der Waals surface area (Å²) in [7, 11) is 8.95. The maximum Gasteiger partial charge on any atom is 0.337 e. The molecule has 1 aliphatic heterocycles. The van der Waals surface area contributed by atoms with E-state index in [4.69, 9.17) is 51.1 Å². The van der Waals surface area contributed by atoms with Gasteiger partial charge in [-0.25, -0.2) is 19.7 Å². The fourth-order valence-electron chi connectivity index (χ4n) is 8.59. The first-order valence-corrected chi connectivity index (χ1v) is 24.3. The predicted molar refractivity (Wildman–Crippen MR) is 263 cm³/mol. The van der Waals surface area contributed by atoms with Crippen molar-refractivity contribution < 1.29 is 80.2 Å². The summed E-state index contributed by atoms with van der Waals surface area (Å²) in [6.45, 7) is 10.4. The fourth-order valence-corrected chi connectivity index (χ4v) is 8.59. The van der Waals surface area contributed by atoms with Crippen molar-refractivity contribution in [2.45, 2.75) is 129 Å². The van der Waals surface area contributed by atoms with Crippen molar-refractivity contribution >= 4 is 36.2 Å². The van der Waals surface area contributed by atoms with Gasteiger partial charge < -0.3 is 61.2 Å². The summed E-state index contributed by atoms with van der Waals surface area (Å²) in [5.74, 6) is -3.99. The summed E-state index contributed by atoms with van der Waals surface area (Å²) in [4.78, 5) is 79.2. The first-order valence-electron chi connectivity index (χ1n) is 24.3. The van der Waals surface area contributed by atoms with Gasteiger partial charge in [-0.15, -0.1) is 0 Å². The molecule has 3 aromatic rings. The van der Waals surface area contributed by atoms with E-state index in [2.05, 4.69) is 15.0 Å². The summed E-state index contributed by atoms with van der Waals surface area (Å²) >= 11 is 0. The summed E-state index contributed by atoms with van der Waals surface area (Å²) in [5, 5.41) is 11.0. The molecule has 73 heavy (non-hydrogen) atoms. The highest BCUT2D eigenvalue weighted by atomic mass is 16.6. The van der Waals surface area contributed by atoms with Gasteiger partial charge in [-0.1, -0.05) is 52.8 Å². The number of aromatic nitrogens is 3. The Labute approximate surface area is 426 Å². The van der Waals surface area contributed by atoms with Gasteiger partial charge in [0.05, 0.1) is 37.3 Å². The largest absolute Gasteiger partial charge is 0.462 e. The molecule has 1 aliphatic rings. The molecular formula is C52H74N4O17. The number of carbonyl (C=O) groups is 5. The lowest BCUT2D eigenvalue weighted by molar-refractivity contribution is -0.173. The first kappa shape index (κ1) is 59.7. The average Bonchev–Trinajstić information content (AvgIpc) is 4.17. The quantitative estimate of drug-likeness (QED) is 0.0657. The van der Waals surface area contributed by atoms with Crippen molar-refractivity contribution in [1.29, 1.82) is 0 Å². The van der Waals surface area contributed by atoms with Gasteiger partial charge in [-0.3, -0.25) is 19.2 Å². The Kier molecular flexibility index (Phi) is 24.3. The Morgan fingerprint density at radius 3 is 2.21 bits per heavy atom. The van der Waals surface area contributed by atoms with Crippen LogP contribution >= 0.6 is 0 Å². The Balaban J connectivity index is 1.63. The Morgan fingerprint density at radius 1 is 0.863 bits per heavy atom. The van der Waals surface area contributed by atoms with E-state index < -0.39 is 90.4 Å². The van der Waals surface area contributed by atoms with Crippen molar-refractivity contribution in [3.8, 4) is 23.2 Å². The van der Waals surface area contributed by atoms with Crippen molar-refractivity contribution in [3.05, 3.63) is 60.9 Å². The molecule has 1 N–H and O–H groups in total. The molecule has 404 valence electrons. The Morgan fingerprint density at radius 2 is 1.55 bits per heavy atom. The molecule has 0 spiro atoms. The van der Waals surface area contributed by atoms with Crippen LogP contribution in [-0.4, -0.2) is 147 Å². The van der Waals surface area contributed by atoms with Crippen molar-refractivity contribution in [3.63, 3.8) is 0 Å². The monoisotopic (exact) mass is 1030 g/mol. The molecule has 0 saturated carbocycles. The average molecular weight is 1030 g/mol. The van der Waals surface area contributed by atoms with Crippen LogP contribution in [-0.2, 0) is 61.9 Å². The standard InChI is InChI=1S/C52H74N4O17/c1-30(19-20-42(73-52(62)45(66-11)28-63-8)34(5)48(71-35(6)58)31(2)21-22-56(7)29-57)43(65-10)24-44-33(4)41(64-9)17-14-18-46-53-38(26-68-46)50-55-39(27-70-50)51-54-37(25-69-51)49(67-12)32(3)40(60)16-13-15-36(59)23-47(61)72-44/h13-14,16,18,21-22,25-27,29-34,36,41-45,48-49,59H,15,17,19-20,23-24,28H2,1-12H3/b16-13+,18-14-,22-21+/t30-,31+,32-,33+,34-,36-,41-,42+,43-,44-,45+,48+,49-/m0/s1. The Bertz CT molecular complexity index is 2290. The maximum atomic E-state index is 13.7. The number of ether oxygens (including phenoxy) is 8. The molecule has 3 aromatic heterocycles. The van der Waals surface area contributed by atoms with Crippen LogP contribution in [0.3, 0.4) is 0 Å². The molecule has 0 saturated heterocycles. The second-order valence-corrected chi connectivity index (χ2v) is 18.5. The second kappa shape index (κ2) is 29.8. The zero-order valence-corrected chi connectivity index (χ0v) is 44.0. The number of allylic oxidation sites excluding steroid dienone is 1. The van der Waals surface area contributed by atoms with E-state index in [-0.39, 0.29) is 60.9 Å². The minimum absolute atomic E-state index is 0.0242. The van der Waals surface area contributed by atoms with Crippen LogP contribution in [0.5, 0.6) is 0 Å². The number of fused-ring (bicyclic) bond motifs is 8. The van der Waals surface area contributed by atoms with Crippen molar-refractivity contribution in [2.24, 2.45) is 29.6 Å². The van der Waals surface area contributed by atoms with Crippen molar-refractivity contribution in [1.82, 2.24) is 19.9 Å². The highest BCUT2D eigenvalue weighted by Crippen LogP contribution is 2.33. The smallest absolute Gasteiger partial charge is 0.337 e. The number of oxazole rings is 3. The molecule has 13 atom stereocenters. The van der Waals surface area contributed by atoms with Gasteiger partial charge in [0.1, 0.15) is 48.9 Å². The minimum atomic E-state index is -1.19.